The molecule has 1 fully saturated rings. The fourth-order valence-electron chi connectivity index (χ4n) is 4.06. The fourth-order valence-corrected chi connectivity index (χ4v) is 4.24. The van der Waals surface area contributed by atoms with Crippen molar-refractivity contribution in [2.24, 2.45) is 0 Å². The minimum absolute atomic E-state index is 0.115. The minimum atomic E-state index is -0.115. The SMILES string of the molecule is Cc1nn(CC[NH+]2CCCCC2)c(=O)c2nn(-c3cccc(Cl)c3)c(C)c12. The van der Waals surface area contributed by atoms with E-state index in [0.29, 0.717) is 17.1 Å². The maximum atomic E-state index is 13.0. The Balaban J connectivity index is 1.72. The molecular formula is C20H25ClN5O+. The van der Waals surface area contributed by atoms with Gasteiger partial charge in [-0.3, -0.25) is 4.79 Å². The summed E-state index contributed by atoms with van der Waals surface area (Å²) in [6.07, 6.45) is 3.88. The first-order valence-corrected chi connectivity index (χ1v) is 9.99. The summed E-state index contributed by atoms with van der Waals surface area (Å²) in [4.78, 5) is 14.6. The average Bonchev–Trinajstić information content (AvgIpc) is 3.02. The molecule has 1 aliphatic heterocycles. The smallest absolute Gasteiger partial charge is 0.295 e. The van der Waals surface area contributed by atoms with Crippen LogP contribution in [0, 0.1) is 13.8 Å². The molecule has 7 heteroatoms. The number of quaternary nitrogens is 1. The fraction of sp³-hybridized carbons (Fsp3) is 0.450. The number of aromatic nitrogens is 4. The number of benzene rings is 1. The van der Waals surface area contributed by atoms with Crippen molar-refractivity contribution in [2.45, 2.75) is 39.7 Å². The van der Waals surface area contributed by atoms with Crippen LogP contribution in [0.4, 0.5) is 0 Å². The number of hydrogen-bond donors (Lipinski definition) is 1. The highest BCUT2D eigenvalue weighted by molar-refractivity contribution is 6.30. The molecular weight excluding hydrogens is 362 g/mol. The molecule has 0 radical (unpaired) electrons. The van der Waals surface area contributed by atoms with Gasteiger partial charge in [0.15, 0.2) is 5.52 Å². The van der Waals surface area contributed by atoms with E-state index in [4.69, 9.17) is 11.6 Å². The van der Waals surface area contributed by atoms with E-state index in [9.17, 15) is 4.79 Å². The highest BCUT2D eigenvalue weighted by Crippen LogP contribution is 2.22. The second-order valence-electron chi connectivity index (χ2n) is 7.38. The van der Waals surface area contributed by atoms with Crippen molar-refractivity contribution in [3.8, 4) is 5.69 Å². The Morgan fingerprint density at radius 1 is 1.15 bits per heavy atom. The molecule has 1 aliphatic rings. The third kappa shape index (κ3) is 3.51. The van der Waals surface area contributed by atoms with Crippen molar-refractivity contribution in [3.05, 3.63) is 51.0 Å². The molecule has 0 spiro atoms. The van der Waals surface area contributed by atoms with Gasteiger partial charge in [-0.2, -0.15) is 10.2 Å². The maximum Gasteiger partial charge on any atom is 0.295 e. The molecule has 1 saturated heterocycles. The quantitative estimate of drug-likeness (QED) is 0.745. The Morgan fingerprint density at radius 2 is 1.93 bits per heavy atom. The molecule has 142 valence electrons. The van der Waals surface area contributed by atoms with Gasteiger partial charge in [0.1, 0.15) is 0 Å². The van der Waals surface area contributed by atoms with Crippen LogP contribution in [0.1, 0.15) is 30.7 Å². The lowest BCUT2D eigenvalue weighted by atomic mass is 10.1. The molecule has 0 unspecified atom stereocenters. The number of piperidine rings is 1. The predicted molar refractivity (Wildman–Crippen MR) is 107 cm³/mol. The normalized spacial score (nSPS) is 15.5. The lowest BCUT2D eigenvalue weighted by molar-refractivity contribution is -0.905. The molecule has 3 aromatic rings. The summed E-state index contributed by atoms with van der Waals surface area (Å²) in [5, 5.41) is 10.7. The maximum absolute atomic E-state index is 13.0. The van der Waals surface area contributed by atoms with Crippen LogP contribution in [0.15, 0.2) is 29.1 Å². The van der Waals surface area contributed by atoms with Gasteiger partial charge in [-0.25, -0.2) is 9.36 Å². The number of aryl methyl sites for hydroxylation is 2. The molecule has 0 amide bonds. The van der Waals surface area contributed by atoms with E-state index in [1.165, 1.54) is 32.4 Å². The molecule has 0 saturated carbocycles. The standard InChI is InChI=1S/C20H24ClN5O/c1-14-18-15(2)26(17-8-6-7-16(21)13-17)23-19(18)20(27)25(22-14)12-11-24-9-4-3-5-10-24/h6-8,13H,3-5,9-12H2,1-2H3/p+1. The zero-order chi connectivity index (χ0) is 19.0. The third-order valence-corrected chi connectivity index (χ3v) is 5.71. The molecule has 1 aromatic carbocycles. The molecule has 4 rings (SSSR count). The van der Waals surface area contributed by atoms with Gasteiger partial charge in [0.25, 0.3) is 5.56 Å². The first-order chi connectivity index (χ1) is 13.0. The Hall–Kier alpha value is -2.18. The van der Waals surface area contributed by atoms with Gasteiger partial charge in [0, 0.05) is 5.02 Å². The van der Waals surface area contributed by atoms with Crippen LogP contribution in [0.5, 0.6) is 0 Å². The van der Waals surface area contributed by atoms with Crippen molar-refractivity contribution in [2.75, 3.05) is 19.6 Å². The van der Waals surface area contributed by atoms with Gasteiger partial charge in [0.05, 0.1) is 48.6 Å². The van der Waals surface area contributed by atoms with Crippen LogP contribution in [0.3, 0.4) is 0 Å². The highest BCUT2D eigenvalue weighted by atomic mass is 35.5. The summed E-state index contributed by atoms with van der Waals surface area (Å²) in [7, 11) is 0. The van der Waals surface area contributed by atoms with Gasteiger partial charge in [-0.05, 0) is 51.3 Å². The van der Waals surface area contributed by atoms with Crippen LogP contribution in [0.25, 0.3) is 16.6 Å². The first kappa shape index (κ1) is 18.2. The van der Waals surface area contributed by atoms with Crippen molar-refractivity contribution >= 4 is 22.5 Å². The van der Waals surface area contributed by atoms with Crippen LogP contribution in [0.2, 0.25) is 5.02 Å². The largest absolute Gasteiger partial charge is 0.333 e. The Labute approximate surface area is 163 Å². The van der Waals surface area contributed by atoms with Crippen molar-refractivity contribution in [1.29, 1.82) is 0 Å². The number of halogens is 1. The van der Waals surface area contributed by atoms with Gasteiger partial charge < -0.3 is 4.90 Å². The lowest BCUT2D eigenvalue weighted by Gasteiger charge is -2.23. The topological polar surface area (TPSA) is 57.1 Å². The van der Waals surface area contributed by atoms with E-state index in [1.54, 1.807) is 14.3 Å². The average molecular weight is 387 g/mol. The van der Waals surface area contributed by atoms with Crippen LogP contribution in [-0.4, -0.2) is 39.2 Å². The third-order valence-electron chi connectivity index (χ3n) is 5.48. The van der Waals surface area contributed by atoms with Gasteiger partial charge >= 0.3 is 0 Å². The number of nitrogens with zero attached hydrogens (tertiary/aromatic N) is 4. The number of nitrogens with one attached hydrogen (secondary N) is 1. The lowest BCUT2D eigenvalue weighted by Crippen LogP contribution is -3.13. The summed E-state index contributed by atoms with van der Waals surface area (Å²) in [5.41, 5.74) is 2.95. The number of fused-ring (bicyclic) bond motifs is 1. The van der Waals surface area contributed by atoms with Crippen molar-refractivity contribution < 1.29 is 4.90 Å². The zero-order valence-corrected chi connectivity index (χ0v) is 16.6. The van der Waals surface area contributed by atoms with E-state index in [2.05, 4.69) is 10.2 Å². The van der Waals surface area contributed by atoms with E-state index in [1.807, 2.05) is 38.1 Å². The summed E-state index contributed by atoms with van der Waals surface area (Å²) < 4.78 is 3.38. The second-order valence-corrected chi connectivity index (χ2v) is 7.81. The summed E-state index contributed by atoms with van der Waals surface area (Å²) in [5.74, 6) is 0. The monoisotopic (exact) mass is 386 g/mol. The second kappa shape index (κ2) is 7.44. The number of hydrogen-bond acceptors (Lipinski definition) is 3. The first-order valence-electron chi connectivity index (χ1n) is 9.61. The van der Waals surface area contributed by atoms with E-state index < -0.39 is 0 Å². The Bertz CT molecular complexity index is 1030. The van der Waals surface area contributed by atoms with E-state index in [0.717, 1.165) is 29.0 Å². The van der Waals surface area contributed by atoms with Crippen molar-refractivity contribution in [1.82, 2.24) is 19.6 Å². The molecule has 0 aliphatic carbocycles. The van der Waals surface area contributed by atoms with Crippen LogP contribution >= 0.6 is 11.6 Å². The van der Waals surface area contributed by atoms with Gasteiger partial charge in [-0.1, -0.05) is 17.7 Å². The molecule has 2 aromatic heterocycles. The van der Waals surface area contributed by atoms with E-state index in [-0.39, 0.29) is 5.56 Å². The van der Waals surface area contributed by atoms with Crippen LogP contribution in [-0.2, 0) is 6.54 Å². The van der Waals surface area contributed by atoms with Gasteiger partial charge in [0.2, 0.25) is 0 Å². The predicted octanol–water partition coefficient (Wildman–Crippen LogP) is 1.92. The molecule has 6 nitrogen and oxygen atoms in total. The molecule has 0 bridgehead atoms. The molecule has 3 heterocycles. The molecule has 0 atom stereocenters. The number of rotatable bonds is 4. The minimum Gasteiger partial charge on any atom is -0.333 e. The Morgan fingerprint density at radius 3 is 2.67 bits per heavy atom. The van der Waals surface area contributed by atoms with E-state index >= 15 is 0 Å². The van der Waals surface area contributed by atoms with Crippen molar-refractivity contribution in [3.63, 3.8) is 0 Å². The van der Waals surface area contributed by atoms with Gasteiger partial charge in [-0.15, -0.1) is 0 Å². The van der Waals surface area contributed by atoms with Crippen LogP contribution < -0.4 is 10.5 Å². The molecule has 27 heavy (non-hydrogen) atoms. The number of likely N-dealkylation sites (tertiary alicyclic amines) is 1. The Kier molecular flexibility index (Phi) is 5.02. The zero-order valence-electron chi connectivity index (χ0n) is 15.8. The summed E-state index contributed by atoms with van der Waals surface area (Å²) in [6, 6.07) is 7.49. The summed E-state index contributed by atoms with van der Waals surface area (Å²) >= 11 is 6.13. The molecule has 1 N–H and O–H groups in total. The highest BCUT2D eigenvalue weighted by Gasteiger charge is 2.19. The summed E-state index contributed by atoms with van der Waals surface area (Å²) in [6.45, 7) is 7.87.